The molecule has 0 aliphatic carbocycles. The van der Waals surface area contributed by atoms with E-state index in [9.17, 15) is 19.1 Å². The Morgan fingerprint density at radius 3 is 2.78 bits per heavy atom. The molecule has 0 spiro atoms. The summed E-state index contributed by atoms with van der Waals surface area (Å²) in [7, 11) is 1.39. The molecule has 13 heteroatoms. The van der Waals surface area contributed by atoms with Crippen molar-refractivity contribution in [3.05, 3.63) is 58.7 Å². The zero-order chi connectivity index (χ0) is 25.8. The minimum absolute atomic E-state index is 0.0192. The molecule has 3 heterocycles. The zero-order valence-electron chi connectivity index (χ0n) is 19.0. The average Bonchev–Trinajstić information content (AvgIpc) is 3.26. The van der Waals surface area contributed by atoms with Crippen LogP contribution in [0.4, 0.5) is 20.7 Å². The van der Waals surface area contributed by atoms with Gasteiger partial charge >= 0.3 is 6.09 Å². The van der Waals surface area contributed by atoms with Crippen molar-refractivity contribution in [2.75, 3.05) is 30.5 Å². The molecule has 2 aromatic heterocycles. The first-order chi connectivity index (χ1) is 17.3. The van der Waals surface area contributed by atoms with Crippen LogP contribution in [0.1, 0.15) is 16.9 Å². The van der Waals surface area contributed by atoms with Gasteiger partial charge in [-0.15, -0.1) is 0 Å². The summed E-state index contributed by atoms with van der Waals surface area (Å²) in [4.78, 5) is 38.7. The number of nitrogens with one attached hydrogen (secondary N) is 2. The number of benzene rings is 1. The highest BCUT2D eigenvalue weighted by atomic mass is 79.9. The normalized spacial score (nSPS) is 17.1. The van der Waals surface area contributed by atoms with Gasteiger partial charge in [0.15, 0.2) is 11.6 Å². The number of amides is 2. The van der Waals surface area contributed by atoms with Crippen molar-refractivity contribution >= 4 is 39.4 Å². The lowest BCUT2D eigenvalue weighted by atomic mass is 10.1. The van der Waals surface area contributed by atoms with E-state index in [2.05, 4.69) is 41.5 Å². The fraction of sp³-hybridized carbons (Fsp3) is 0.261. The Kier molecular flexibility index (Phi) is 7.60. The van der Waals surface area contributed by atoms with Gasteiger partial charge in [0, 0.05) is 12.7 Å². The maximum atomic E-state index is 14.5. The fourth-order valence-electron chi connectivity index (χ4n) is 4.05. The van der Waals surface area contributed by atoms with E-state index in [1.807, 2.05) is 0 Å². The van der Waals surface area contributed by atoms with E-state index in [1.165, 1.54) is 31.5 Å². The van der Waals surface area contributed by atoms with Crippen LogP contribution < -0.4 is 20.3 Å². The quantitative estimate of drug-likeness (QED) is 0.320. The van der Waals surface area contributed by atoms with Gasteiger partial charge < -0.3 is 30.5 Å². The number of aliphatic hydroxyl groups is 1. The number of methoxy groups -OCH3 is 1. The molecule has 1 aromatic carbocycles. The molecule has 0 saturated carbocycles. The molecule has 1 aliphatic heterocycles. The number of pyridine rings is 1. The lowest BCUT2D eigenvalue weighted by molar-refractivity contribution is 0.102. The number of nitrogens with zero attached hydrogens (tertiary/aromatic N) is 4. The minimum Gasteiger partial charge on any atom is -0.496 e. The zero-order valence-corrected chi connectivity index (χ0v) is 20.6. The molecular weight excluding hydrogens is 539 g/mol. The molecule has 2 atom stereocenters. The predicted octanol–water partition coefficient (Wildman–Crippen LogP) is 2.91. The highest BCUT2D eigenvalue weighted by Gasteiger charge is 2.35. The molecule has 36 heavy (non-hydrogen) atoms. The van der Waals surface area contributed by atoms with E-state index < -0.39 is 29.9 Å². The number of aromatic nitrogens is 3. The molecule has 0 bridgehead atoms. The van der Waals surface area contributed by atoms with Crippen molar-refractivity contribution in [3.63, 3.8) is 0 Å². The summed E-state index contributed by atoms with van der Waals surface area (Å²) in [6.45, 7) is 0.00764. The van der Waals surface area contributed by atoms with Crippen molar-refractivity contribution in [2.45, 2.75) is 18.5 Å². The second-order valence-corrected chi connectivity index (χ2v) is 8.73. The minimum atomic E-state index is -1.17. The SMILES string of the molecule is COc1cccc(F)c1-c1nccc(C(=O)Nc2ccc(Br)nc2N2C[C@@H](NC(=O)O)C[C@H]2CO)n1. The van der Waals surface area contributed by atoms with Gasteiger partial charge in [0.25, 0.3) is 5.91 Å². The number of rotatable bonds is 7. The molecule has 11 nitrogen and oxygen atoms in total. The van der Waals surface area contributed by atoms with Crippen LogP contribution in [0.2, 0.25) is 0 Å². The van der Waals surface area contributed by atoms with Gasteiger partial charge in [0.05, 0.1) is 37.1 Å². The molecule has 4 rings (SSSR count). The first-order valence-electron chi connectivity index (χ1n) is 10.8. The summed E-state index contributed by atoms with van der Waals surface area (Å²) in [6, 6.07) is 8.09. The summed E-state index contributed by atoms with van der Waals surface area (Å²) in [5, 5.41) is 24.1. The van der Waals surface area contributed by atoms with Crippen molar-refractivity contribution in [3.8, 4) is 17.1 Å². The molecule has 1 fully saturated rings. The number of carboxylic acid groups (broad SMARTS) is 1. The predicted molar refractivity (Wildman–Crippen MR) is 132 cm³/mol. The van der Waals surface area contributed by atoms with Gasteiger partial charge in [0.2, 0.25) is 0 Å². The maximum absolute atomic E-state index is 14.5. The highest BCUT2D eigenvalue weighted by molar-refractivity contribution is 9.10. The van der Waals surface area contributed by atoms with Crippen LogP contribution in [0.15, 0.2) is 47.2 Å². The van der Waals surface area contributed by atoms with Crippen LogP contribution in [-0.4, -0.2) is 69.5 Å². The summed E-state index contributed by atoms with van der Waals surface area (Å²) in [5.74, 6) is -0.648. The molecule has 3 aromatic rings. The van der Waals surface area contributed by atoms with Gasteiger partial charge in [-0.1, -0.05) is 6.07 Å². The van der Waals surface area contributed by atoms with E-state index in [0.29, 0.717) is 22.5 Å². The van der Waals surface area contributed by atoms with Gasteiger partial charge in [-0.05, 0) is 52.7 Å². The second-order valence-electron chi connectivity index (χ2n) is 7.91. The van der Waals surface area contributed by atoms with Crippen LogP contribution >= 0.6 is 15.9 Å². The Balaban J connectivity index is 1.63. The number of hydrogen-bond donors (Lipinski definition) is 4. The van der Waals surface area contributed by atoms with Crippen LogP contribution in [-0.2, 0) is 0 Å². The van der Waals surface area contributed by atoms with Crippen molar-refractivity contribution in [2.24, 2.45) is 0 Å². The third kappa shape index (κ3) is 5.36. The highest BCUT2D eigenvalue weighted by Crippen LogP contribution is 2.33. The summed E-state index contributed by atoms with van der Waals surface area (Å²) in [6.07, 6.45) is 0.540. The van der Waals surface area contributed by atoms with Crippen molar-refractivity contribution in [1.29, 1.82) is 0 Å². The van der Waals surface area contributed by atoms with E-state index in [-0.39, 0.29) is 36.0 Å². The van der Waals surface area contributed by atoms with Crippen LogP contribution in [0.5, 0.6) is 5.75 Å². The van der Waals surface area contributed by atoms with E-state index in [4.69, 9.17) is 9.84 Å². The second kappa shape index (κ2) is 10.8. The molecule has 4 N–H and O–H groups in total. The number of halogens is 2. The van der Waals surface area contributed by atoms with E-state index >= 15 is 0 Å². The van der Waals surface area contributed by atoms with Gasteiger partial charge in [0.1, 0.15) is 21.9 Å². The smallest absolute Gasteiger partial charge is 0.404 e. The monoisotopic (exact) mass is 560 g/mol. The van der Waals surface area contributed by atoms with Crippen LogP contribution in [0.3, 0.4) is 0 Å². The van der Waals surface area contributed by atoms with Gasteiger partial charge in [-0.25, -0.2) is 24.1 Å². The molecular formula is C23H22BrFN6O5. The first kappa shape index (κ1) is 25.3. The topological polar surface area (TPSA) is 150 Å². The standard InChI is InChI=1S/C23H22BrFN6O5/c1-36-17-4-2-3-14(25)19(17)20-26-8-7-16(28-20)22(33)29-15-5-6-18(24)30-21(15)31-10-12(27-23(34)35)9-13(31)11-32/h2-8,12-13,27,32H,9-11H2,1H3,(H,29,33)(H,34,35)/t12-,13-/m0/s1. The molecule has 2 amide bonds. The number of carbonyl (C=O) groups excluding carboxylic acids is 1. The Labute approximate surface area is 213 Å². The molecule has 188 valence electrons. The van der Waals surface area contributed by atoms with E-state index in [1.54, 1.807) is 23.1 Å². The van der Waals surface area contributed by atoms with Crippen molar-refractivity contribution in [1.82, 2.24) is 20.3 Å². The molecule has 1 saturated heterocycles. The van der Waals surface area contributed by atoms with Crippen molar-refractivity contribution < 1.29 is 28.9 Å². The first-order valence-corrected chi connectivity index (χ1v) is 11.6. The largest absolute Gasteiger partial charge is 0.496 e. The molecule has 0 radical (unpaired) electrons. The Morgan fingerprint density at radius 2 is 2.06 bits per heavy atom. The van der Waals surface area contributed by atoms with Crippen LogP contribution in [0, 0.1) is 5.82 Å². The third-order valence-electron chi connectivity index (χ3n) is 5.62. The Hall–Kier alpha value is -3.84. The van der Waals surface area contributed by atoms with Gasteiger partial charge in [-0.2, -0.15) is 0 Å². The lowest BCUT2D eigenvalue weighted by Gasteiger charge is -2.26. The number of hydrogen-bond acceptors (Lipinski definition) is 8. The maximum Gasteiger partial charge on any atom is 0.404 e. The summed E-state index contributed by atoms with van der Waals surface area (Å²) < 4.78 is 20.2. The number of carbonyl (C=O) groups is 2. The number of aliphatic hydroxyl groups excluding tert-OH is 1. The molecule has 0 unspecified atom stereocenters. The third-order valence-corrected chi connectivity index (χ3v) is 6.06. The number of anilines is 2. The average molecular weight is 561 g/mol. The summed E-state index contributed by atoms with van der Waals surface area (Å²) in [5.41, 5.74) is 0.325. The number of ether oxygens (including phenoxy) is 1. The van der Waals surface area contributed by atoms with Gasteiger partial charge in [-0.3, -0.25) is 4.79 Å². The fourth-order valence-corrected chi connectivity index (χ4v) is 4.35. The van der Waals surface area contributed by atoms with Crippen LogP contribution in [0.25, 0.3) is 11.4 Å². The summed E-state index contributed by atoms with van der Waals surface area (Å²) >= 11 is 3.32. The Morgan fingerprint density at radius 1 is 1.25 bits per heavy atom. The van der Waals surface area contributed by atoms with E-state index in [0.717, 1.165) is 0 Å². The lowest BCUT2D eigenvalue weighted by Crippen LogP contribution is -2.37. The Bertz CT molecular complexity index is 1300. The molecule has 1 aliphatic rings.